The van der Waals surface area contributed by atoms with E-state index in [4.69, 9.17) is 0 Å². The Labute approximate surface area is 99.8 Å². The van der Waals surface area contributed by atoms with Crippen LogP contribution in [0.2, 0.25) is 0 Å². The van der Waals surface area contributed by atoms with Crippen LogP contribution in [0.3, 0.4) is 0 Å². The minimum Gasteiger partial charge on any atom is -0.389 e. The molecule has 0 aromatic rings. The zero-order chi connectivity index (χ0) is 11.4. The van der Waals surface area contributed by atoms with Gasteiger partial charge in [0.15, 0.2) is 0 Å². The Morgan fingerprint density at radius 1 is 1.12 bits per heavy atom. The van der Waals surface area contributed by atoms with Crippen LogP contribution < -0.4 is 5.32 Å². The zero-order valence-corrected chi connectivity index (χ0v) is 10.7. The first kappa shape index (κ1) is 12.4. The van der Waals surface area contributed by atoms with Gasteiger partial charge in [-0.05, 0) is 38.5 Å². The van der Waals surface area contributed by atoms with Gasteiger partial charge in [0, 0.05) is 12.6 Å². The van der Waals surface area contributed by atoms with Crippen molar-refractivity contribution in [3.8, 4) is 0 Å². The van der Waals surface area contributed by atoms with Gasteiger partial charge in [-0.25, -0.2) is 0 Å². The first-order valence-corrected chi connectivity index (χ1v) is 7.15. The molecule has 0 saturated heterocycles. The van der Waals surface area contributed by atoms with Gasteiger partial charge in [0.1, 0.15) is 0 Å². The van der Waals surface area contributed by atoms with Crippen LogP contribution in [-0.4, -0.2) is 23.3 Å². The third-order valence-electron chi connectivity index (χ3n) is 4.64. The summed E-state index contributed by atoms with van der Waals surface area (Å²) in [5.41, 5.74) is -0.398. The quantitative estimate of drug-likeness (QED) is 0.771. The van der Waals surface area contributed by atoms with E-state index in [1.54, 1.807) is 0 Å². The maximum Gasteiger partial charge on any atom is 0.0771 e. The van der Waals surface area contributed by atoms with Crippen molar-refractivity contribution < 1.29 is 5.11 Å². The molecule has 0 bridgehead atoms. The monoisotopic (exact) mass is 225 g/mol. The average molecular weight is 225 g/mol. The highest BCUT2D eigenvalue weighted by molar-refractivity contribution is 4.87. The largest absolute Gasteiger partial charge is 0.389 e. The summed E-state index contributed by atoms with van der Waals surface area (Å²) in [6.45, 7) is 3.10. The van der Waals surface area contributed by atoms with Crippen molar-refractivity contribution in [3.05, 3.63) is 0 Å². The normalized spacial score (nSPS) is 28.1. The number of nitrogens with one attached hydrogen (secondary N) is 1. The fraction of sp³-hybridized carbons (Fsp3) is 1.00. The van der Waals surface area contributed by atoms with Crippen molar-refractivity contribution in [3.63, 3.8) is 0 Å². The Morgan fingerprint density at radius 3 is 2.38 bits per heavy atom. The molecule has 2 aliphatic rings. The predicted molar refractivity (Wildman–Crippen MR) is 67.5 cm³/mol. The number of rotatable bonds is 4. The lowest BCUT2D eigenvalue weighted by Gasteiger charge is -2.34. The van der Waals surface area contributed by atoms with E-state index >= 15 is 0 Å². The van der Waals surface area contributed by atoms with Gasteiger partial charge in [-0.3, -0.25) is 0 Å². The lowest BCUT2D eigenvalue weighted by atomic mass is 9.84. The van der Waals surface area contributed by atoms with Gasteiger partial charge < -0.3 is 10.4 Å². The van der Waals surface area contributed by atoms with Crippen LogP contribution in [-0.2, 0) is 0 Å². The minimum absolute atomic E-state index is 0.398. The van der Waals surface area contributed by atoms with Crippen LogP contribution in [0.15, 0.2) is 0 Å². The molecule has 2 rings (SSSR count). The summed E-state index contributed by atoms with van der Waals surface area (Å²) >= 11 is 0. The smallest absolute Gasteiger partial charge is 0.0771 e. The van der Waals surface area contributed by atoms with Crippen LogP contribution in [0.4, 0.5) is 0 Å². The highest BCUT2D eigenvalue weighted by atomic mass is 16.3. The molecule has 0 aliphatic heterocycles. The minimum atomic E-state index is -0.398. The van der Waals surface area contributed by atoms with Crippen LogP contribution >= 0.6 is 0 Å². The Bertz CT molecular complexity index is 205. The fourth-order valence-electron chi connectivity index (χ4n) is 3.36. The van der Waals surface area contributed by atoms with Crippen LogP contribution in [0.25, 0.3) is 0 Å². The molecular weight excluding hydrogens is 198 g/mol. The molecule has 0 unspecified atom stereocenters. The van der Waals surface area contributed by atoms with Crippen molar-refractivity contribution in [1.82, 2.24) is 5.32 Å². The van der Waals surface area contributed by atoms with Gasteiger partial charge in [-0.15, -0.1) is 0 Å². The summed E-state index contributed by atoms with van der Waals surface area (Å²) in [4.78, 5) is 0. The van der Waals surface area contributed by atoms with E-state index in [0.717, 1.165) is 25.3 Å². The van der Waals surface area contributed by atoms with Gasteiger partial charge in [0.25, 0.3) is 0 Å². The van der Waals surface area contributed by atoms with Gasteiger partial charge >= 0.3 is 0 Å². The third-order valence-corrected chi connectivity index (χ3v) is 4.64. The topological polar surface area (TPSA) is 32.3 Å². The fourth-order valence-corrected chi connectivity index (χ4v) is 3.36. The lowest BCUT2D eigenvalue weighted by molar-refractivity contribution is 0.00163. The van der Waals surface area contributed by atoms with E-state index in [2.05, 4.69) is 12.2 Å². The summed E-state index contributed by atoms with van der Waals surface area (Å²) in [6.07, 6.45) is 11.3. The van der Waals surface area contributed by atoms with Crippen molar-refractivity contribution >= 4 is 0 Å². The predicted octanol–water partition coefficient (Wildman–Crippen LogP) is 2.85. The van der Waals surface area contributed by atoms with E-state index in [0.29, 0.717) is 6.04 Å². The van der Waals surface area contributed by atoms with Gasteiger partial charge in [-0.1, -0.05) is 32.1 Å². The molecule has 94 valence electrons. The van der Waals surface area contributed by atoms with Crippen molar-refractivity contribution in [2.75, 3.05) is 6.54 Å². The SMILES string of the molecule is C[C@H](NCC1(O)CCCCC1)C1CCCC1. The number of hydrogen-bond acceptors (Lipinski definition) is 2. The molecule has 2 aliphatic carbocycles. The molecular formula is C14H27NO. The first-order chi connectivity index (χ1) is 7.70. The molecule has 2 saturated carbocycles. The number of aliphatic hydroxyl groups is 1. The average Bonchev–Trinajstić information content (AvgIpc) is 2.80. The van der Waals surface area contributed by atoms with E-state index in [-0.39, 0.29) is 0 Å². The highest BCUT2D eigenvalue weighted by Gasteiger charge is 2.30. The van der Waals surface area contributed by atoms with Gasteiger partial charge in [0.2, 0.25) is 0 Å². The molecule has 1 atom stereocenters. The Kier molecular flexibility index (Phi) is 4.26. The first-order valence-electron chi connectivity index (χ1n) is 7.15. The van der Waals surface area contributed by atoms with Gasteiger partial charge in [-0.2, -0.15) is 0 Å². The third kappa shape index (κ3) is 3.21. The van der Waals surface area contributed by atoms with Gasteiger partial charge in [0.05, 0.1) is 5.60 Å². The molecule has 0 aromatic heterocycles. The molecule has 0 amide bonds. The summed E-state index contributed by atoms with van der Waals surface area (Å²) in [6, 6.07) is 0.591. The van der Waals surface area contributed by atoms with Crippen molar-refractivity contribution in [1.29, 1.82) is 0 Å². The molecule has 0 spiro atoms. The summed E-state index contributed by atoms with van der Waals surface area (Å²) in [5.74, 6) is 0.854. The standard InChI is InChI=1S/C14H27NO/c1-12(13-7-3-4-8-13)15-11-14(16)9-5-2-6-10-14/h12-13,15-16H,2-11H2,1H3/t12-/m0/s1. The molecule has 2 heteroatoms. The molecule has 0 heterocycles. The molecule has 2 N–H and O–H groups in total. The van der Waals surface area contributed by atoms with Crippen molar-refractivity contribution in [2.45, 2.75) is 76.4 Å². The maximum atomic E-state index is 10.4. The Balaban J connectivity index is 1.72. The lowest BCUT2D eigenvalue weighted by Crippen LogP contribution is -2.46. The molecule has 0 aromatic carbocycles. The molecule has 0 radical (unpaired) electrons. The Hall–Kier alpha value is -0.0800. The zero-order valence-electron chi connectivity index (χ0n) is 10.7. The molecule has 16 heavy (non-hydrogen) atoms. The second-order valence-corrected chi connectivity index (χ2v) is 6.00. The Morgan fingerprint density at radius 2 is 1.75 bits per heavy atom. The van der Waals surface area contributed by atoms with E-state index in [1.165, 1.54) is 44.9 Å². The van der Waals surface area contributed by atoms with E-state index < -0.39 is 5.60 Å². The number of hydrogen-bond donors (Lipinski definition) is 2. The van der Waals surface area contributed by atoms with Crippen LogP contribution in [0.5, 0.6) is 0 Å². The van der Waals surface area contributed by atoms with Crippen LogP contribution in [0, 0.1) is 5.92 Å². The summed E-state index contributed by atoms with van der Waals surface area (Å²) < 4.78 is 0. The van der Waals surface area contributed by atoms with E-state index in [1.807, 2.05) is 0 Å². The molecule has 2 fully saturated rings. The summed E-state index contributed by atoms with van der Waals surface area (Å²) in [7, 11) is 0. The highest BCUT2D eigenvalue weighted by Crippen LogP contribution is 2.30. The van der Waals surface area contributed by atoms with Crippen LogP contribution in [0.1, 0.15) is 64.7 Å². The second-order valence-electron chi connectivity index (χ2n) is 6.00. The summed E-state index contributed by atoms with van der Waals surface area (Å²) in [5, 5.41) is 14.0. The maximum absolute atomic E-state index is 10.4. The second kappa shape index (κ2) is 5.50. The van der Waals surface area contributed by atoms with Crippen molar-refractivity contribution in [2.24, 2.45) is 5.92 Å². The van der Waals surface area contributed by atoms with E-state index in [9.17, 15) is 5.11 Å². The molecule has 2 nitrogen and oxygen atoms in total.